The van der Waals surface area contributed by atoms with Gasteiger partial charge in [-0.2, -0.15) is 5.10 Å². The Kier molecular flexibility index (Phi) is 2.88. The molecule has 0 radical (unpaired) electrons. The molecule has 0 aromatic carbocycles. The molecule has 1 aliphatic heterocycles. The van der Waals surface area contributed by atoms with E-state index in [-0.39, 0.29) is 0 Å². The average Bonchev–Trinajstić information content (AvgIpc) is 2.74. The zero-order valence-electron chi connectivity index (χ0n) is 9.78. The predicted molar refractivity (Wildman–Crippen MR) is 70.3 cm³/mol. The second-order valence-electron chi connectivity index (χ2n) is 4.63. The van der Waals surface area contributed by atoms with Crippen LogP contribution in [0.1, 0.15) is 30.1 Å². The molecule has 0 atom stereocenters. The SMILES string of the molecule is Cc1cc(Br)c2nc(C3CCNCC3)nn2c1. The maximum Gasteiger partial charge on any atom is 0.169 e. The van der Waals surface area contributed by atoms with Gasteiger partial charge in [0.05, 0.1) is 4.47 Å². The van der Waals surface area contributed by atoms with Crippen LogP contribution in [0.3, 0.4) is 0 Å². The Morgan fingerprint density at radius 3 is 2.94 bits per heavy atom. The lowest BCUT2D eigenvalue weighted by Crippen LogP contribution is -2.27. The summed E-state index contributed by atoms with van der Waals surface area (Å²) in [5.41, 5.74) is 2.11. The monoisotopic (exact) mass is 294 g/mol. The Hall–Kier alpha value is -0.940. The van der Waals surface area contributed by atoms with E-state index in [0.717, 1.165) is 41.9 Å². The molecule has 0 bridgehead atoms. The van der Waals surface area contributed by atoms with Crippen molar-refractivity contribution in [2.75, 3.05) is 13.1 Å². The van der Waals surface area contributed by atoms with Crippen LogP contribution in [0.5, 0.6) is 0 Å². The third-order valence-electron chi connectivity index (χ3n) is 3.25. The number of fused-ring (bicyclic) bond motifs is 1. The number of nitrogens with one attached hydrogen (secondary N) is 1. The molecule has 0 unspecified atom stereocenters. The third kappa shape index (κ3) is 2.09. The van der Waals surface area contributed by atoms with Crippen molar-refractivity contribution in [3.05, 3.63) is 28.1 Å². The van der Waals surface area contributed by atoms with Crippen LogP contribution in [-0.2, 0) is 0 Å². The van der Waals surface area contributed by atoms with Gasteiger partial charge in [0.2, 0.25) is 0 Å². The summed E-state index contributed by atoms with van der Waals surface area (Å²) in [6.07, 6.45) is 4.29. The summed E-state index contributed by atoms with van der Waals surface area (Å²) in [7, 11) is 0. The Morgan fingerprint density at radius 1 is 1.41 bits per heavy atom. The molecule has 3 rings (SSSR count). The zero-order valence-corrected chi connectivity index (χ0v) is 11.4. The van der Waals surface area contributed by atoms with Gasteiger partial charge in [-0.25, -0.2) is 9.50 Å². The number of piperidine rings is 1. The summed E-state index contributed by atoms with van der Waals surface area (Å²) in [5, 5.41) is 7.97. The number of aromatic nitrogens is 3. The van der Waals surface area contributed by atoms with Crippen LogP contribution >= 0.6 is 15.9 Å². The number of rotatable bonds is 1. The number of hydrogen-bond acceptors (Lipinski definition) is 3. The van der Waals surface area contributed by atoms with E-state index in [1.807, 2.05) is 10.7 Å². The van der Waals surface area contributed by atoms with Crippen LogP contribution in [0.25, 0.3) is 5.65 Å². The number of hydrogen-bond donors (Lipinski definition) is 1. The van der Waals surface area contributed by atoms with Crippen molar-refractivity contribution < 1.29 is 0 Å². The molecule has 4 nitrogen and oxygen atoms in total. The van der Waals surface area contributed by atoms with Gasteiger partial charge >= 0.3 is 0 Å². The topological polar surface area (TPSA) is 42.2 Å². The Balaban J connectivity index is 2.03. The highest BCUT2D eigenvalue weighted by atomic mass is 79.9. The van der Waals surface area contributed by atoms with E-state index in [0.29, 0.717) is 5.92 Å². The van der Waals surface area contributed by atoms with Crippen LogP contribution in [0.2, 0.25) is 0 Å². The molecule has 0 aliphatic carbocycles. The van der Waals surface area contributed by atoms with Gasteiger partial charge in [0, 0.05) is 12.1 Å². The van der Waals surface area contributed by atoms with E-state index in [2.05, 4.69) is 44.3 Å². The van der Waals surface area contributed by atoms with Gasteiger partial charge in [0.1, 0.15) is 0 Å². The fourth-order valence-corrected chi connectivity index (χ4v) is 2.97. The molecule has 90 valence electrons. The van der Waals surface area contributed by atoms with E-state index in [4.69, 9.17) is 0 Å². The van der Waals surface area contributed by atoms with Crippen molar-refractivity contribution in [1.29, 1.82) is 0 Å². The first kappa shape index (κ1) is 11.2. The molecule has 1 saturated heterocycles. The van der Waals surface area contributed by atoms with Gasteiger partial charge in [0.15, 0.2) is 11.5 Å². The first-order valence-electron chi connectivity index (χ1n) is 5.97. The van der Waals surface area contributed by atoms with E-state index in [1.165, 1.54) is 5.56 Å². The first-order valence-corrected chi connectivity index (χ1v) is 6.76. The largest absolute Gasteiger partial charge is 0.317 e. The Morgan fingerprint density at radius 2 is 2.18 bits per heavy atom. The lowest BCUT2D eigenvalue weighted by molar-refractivity contribution is 0.445. The van der Waals surface area contributed by atoms with Gasteiger partial charge in [-0.15, -0.1) is 0 Å². The van der Waals surface area contributed by atoms with E-state index in [1.54, 1.807) is 0 Å². The van der Waals surface area contributed by atoms with Gasteiger partial charge in [-0.05, 0) is 60.4 Å². The molecule has 2 aromatic rings. The fourth-order valence-electron chi connectivity index (χ4n) is 2.34. The molecule has 0 amide bonds. The number of halogens is 1. The molecule has 5 heteroatoms. The normalized spacial score (nSPS) is 17.8. The van der Waals surface area contributed by atoms with Crippen LogP contribution in [0.15, 0.2) is 16.7 Å². The maximum absolute atomic E-state index is 4.65. The van der Waals surface area contributed by atoms with E-state index >= 15 is 0 Å². The summed E-state index contributed by atoms with van der Waals surface area (Å²) in [4.78, 5) is 4.65. The quantitative estimate of drug-likeness (QED) is 0.877. The minimum absolute atomic E-state index is 0.503. The molecular weight excluding hydrogens is 280 g/mol. The van der Waals surface area contributed by atoms with Crippen molar-refractivity contribution in [2.24, 2.45) is 0 Å². The average molecular weight is 295 g/mol. The predicted octanol–water partition coefficient (Wildman–Crippen LogP) is 2.27. The van der Waals surface area contributed by atoms with Gasteiger partial charge in [-0.3, -0.25) is 0 Å². The number of pyridine rings is 1. The minimum Gasteiger partial charge on any atom is -0.317 e. The number of aryl methyl sites for hydroxylation is 1. The molecule has 3 heterocycles. The standard InChI is InChI=1S/C12H15BrN4/c1-8-6-10(13)12-15-11(16-17(12)7-8)9-2-4-14-5-3-9/h6-7,9,14H,2-5H2,1H3. The molecule has 1 N–H and O–H groups in total. The lowest BCUT2D eigenvalue weighted by Gasteiger charge is -2.19. The zero-order chi connectivity index (χ0) is 11.8. The van der Waals surface area contributed by atoms with Gasteiger partial charge in [-0.1, -0.05) is 0 Å². The molecule has 0 spiro atoms. The van der Waals surface area contributed by atoms with Crippen molar-refractivity contribution in [3.63, 3.8) is 0 Å². The lowest BCUT2D eigenvalue weighted by atomic mass is 9.98. The molecule has 2 aromatic heterocycles. The summed E-state index contributed by atoms with van der Waals surface area (Å²) >= 11 is 3.55. The highest BCUT2D eigenvalue weighted by Crippen LogP contribution is 2.25. The van der Waals surface area contributed by atoms with Crippen LogP contribution < -0.4 is 5.32 Å². The number of nitrogens with zero attached hydrogens (tertiary/aromatic N) is 3. The molecule has 1 fully saturated rings. The van der Waals surface area contributed by atoms with Gasteiger partial charge < -0.3 is 5.32 Å². The van der Waals surface area contributed by atoms with Crippen LogP contribution in [0.4, 0.5) is 0 Å². The highest BCUT2D eigenvalue weighted by Gasteiger charge is 2.20. The molecule has 1 aliphatic rings. The van der Waals surface area contributed by atoms with Gasteiger partial charge in [0.25, 0.3) is 0 Å². The highest BCUT2D eigenvalue weighted by molar-refractivity contribution is 9.10. The van der Waals surface area contributed by atoms with Crippen molar-refractivity contribution in [1.82, 2.24) is 19.9 Å². The van der Waals surface area contributed by atoms with Crippen molar-refractivity contribution in [3.8, 4) is 0 Å². The van der Waals surface area contributed by atoms with Crippen molar-refractivity contribution >= 4 is 21.6 Å². The third-order valence-corrected chi connectivity index (χ3v) is 3.83. The van der Waals surface area contributed by atoms with Crippen LogP contribution in [0, 0.1) is 6.92 Å². The Labute approximate surface area is 109 Å². The van der Waals surface area contributed by atoms with E-state index < -0.39 is 0 Å². The summed E-state index contributed by atoms with van der Waals surface area (Å²) in [5.74, 6) is 1.49. The van der Waals surface area contributed by atoms with E-state index in [9.17, 15) is 0 Å². The maximum atomic E-state index is 4.65. The first-order chi connectivity index (χ1) is 8.24. The smallest absolute Gasteiger partial charge is 0.169 e. The second-order valence-corrected chi connectivity index (χ2v) is 5.48. The molecular formula is C12H15BrN4. The van der Waals surface area contributed by atoms with Crippen LogP contribution in [-0.4, -0.2) is 27.7 Å². The molecule has 0 saturated carbocycles. The summed E-state index contributed by atoms with van der Waals surface area (Å²) in [6, 6.07) is 2.08. The van der Waals surface area contributed by atoms with Crippen molar-refractivity contribution in [2.45, 2.75) is 25.7 Å². The minimum atomic E-state index is 0.503. The fraction of sp³-hybridized carbons (Fsp3) is 0.500. The summed E-state index contributed by atoms with van der Waals surface area (Å²) in [6.45, 7) is 4.21. The molecule has 17 heavy (non-hydrogen) atoms. The Bertz CT molecular complexity index is 543. The second kappa shape index (κ2) is 4.38. The summed E-state index contributed by atoms with van der Waals surface area (Å²) < 4.78 is 2.90.